The molecule has 23 heavy (non-hydrogen) atoms. The Morgan fingerprint density at radius 3 is 2.96 bits per heavy atom. The van der Waals surface area contributed by atoms with E-state index in [0.29, 0.717) is 11.0 Å². The van der Waals surface area contributed by atoms with Gasteiger partial charge >= 0.3 is 0 Å². The highest BCUT2D eigenvalue weighted by molar-refractivity contribution is 7.15. The van der Waals surface area contributed by atoms with E-state index in [-0.39, 0.29) is 18.6 Å². The molecule has 2 atom stereocenters. The zero-order chi connectivity index (χ0) is 16.0. The fourth-order valence-corrected chi connectivity index (χ4v) is 3.77. The number of rotatable bonds is 4. The van der Waals surface area contributed by atoms with E-state index in [4.69, 9.17) is 9.47 Å². The molecule has 1 aromatic carbocycles. The van der Waals surface area contributed by atoms with Crippen LogP contribution in [0.5, 0.6) is 11.5 Å². The van der Waals surface area contributed by atoms with Crippen molar-refractivity contribution in [2.45, 2.75) is 26.7 Å². The maximum absolute atomic E-state index is 12.0. The number of nitrogens with one attached hydrogen (secondary N) is 1. The lowest BCUT2D eigenvalue weighted by Gasteiger charge is -2.02. The summed E-state index contributed by atoms with van der Waals surface area (Å²) in [5, 5.41) is 3.64. The molecule has 0 radical (unpaired) electrons. The monoisotopic (exact) mass is 330 g/mol. The minimum absolute atomic E-state index is 0.0980. The van der Waals surface area contributed by atoms with Crippen molar-refractivity contribution in [2.75, 3.05) is 12.1 Å². The standard InChI is InChI=1S/C17H18N2O3S/c1-9-5-12(9)16(20)19-17-18-10(2)15(23-17)7-11-3-4-13-14(6-11)22-8-21-13/h3-4,6,9,12H,5,7-8H2,1-2H3,(H,18,19,20)/t9-,12+/m0/s1. The molecule has 1 N–H and O–H groups in total. The van der Waals surface area contributed by atoms with Gasteiger partial charge < -0.3 is 14.8 Å². The maximum atomic E-state index is 12.0. The van der Waals surface area contributed by atoms with Crippen LogP contribution >= 0.6 is 11.3 Å². The van der Waals surface area contributed by atoms with Gasteiger partial charge in [0.1, 0.15) is 0 Å². The summed E-state index contributed by atoms with van der Waals surface area (Å²) < 4.78 is 10.7. The summed E-state index contributed by atoms with van der Waals surface area (Å²) in [6.45, 7) is 4.37. The first-order valence-corrected chi connectivity index (χ1v) is 8.57. The summed E-state index contributed by atoms with van der Waals surface area (Å²) >= 11 is 1.55. The van der Waals surface area contributed by atoms with Crippen LogP contribution in [-0.4, -0.2) is 17.7 Å². The summed E-state index contributed by atoms with van der Waals surface area (Å²) in [5.74, 6) is 2.35. The Morgan fingerprint density at radius 2 is 2.17 bits per heavy atom. The molecule has 1 aliphatic heterocycles. The summed E-state index contributed by atoms with van der Waals surface area (Å²) in [6.07, 6.45) is 1.76. The Morgan fingerprint density at radius 1 is 1.39 bits per heavy atom. The second-order valence-electron chi connectivity index (χ2n) is 6.20. The lowest BCUT2D eigenvalue weighted by atomic mass is 10.1. The van der Waals surface area contributed by atoms with Crippen LogP contribution in [0.4, 0.5) is 5.13 Å². The van der Waals surface area contributed by atoms with E-state index in [1.54, 1.807) is 11.3 Å². The largest absolute Gasteiger partial charge is 0.454 e. The number of benzene rings is 1. The number of carbonyl (C=O) groups is 1. The van der Waals surface area contributed by atoms with Gasteiger partial charge in [0.25, 0.3) is 0 Å². The Bertz CT molecular complexity index is 771. The fraction of sp³-hybridized carbons (Fsp3) is 0.412. The number of thiazole rings is 1. The number of hydrogen-bond acceptors (Lipinski definition) is 5. The van der Waals surface area contributed by atoms with Crippen molar-refractivity contribution < 1.29 is 14.3 Å². The van der Waals surface area contributed by atoms with Crippen molar-refractivity contribution in [1.29, 1.82) is 0 Å². The average molecular weight is 330 g/mol. The van der Waals surface area contributed by atoms with Gasteiger partial charge in [-0.15, -0.1) is 11.3 Å². The van der Waals surface area contributed by atoms with Crippen LogP contribution in [0.25, 0.3) is 0 Å². The van der Waals surface area contributed by atoms with E-state index >= 15 is 0 Å². The smallest absolute Gasteiger partial charge is 0.231 e. The second-order valence-corrected chi connectivity index (χ2v) is 7.28. The van der Waals surface area contributed by atoms with Crippen LogP contribution in [0.15, 0.2) is 18.2 Å². The summed E-state index contributed by atoms with van der Waals surface area (Å²) in [5.41, 5.74) is 2.11. The molecule has 1 aromatic heterocycles. The third kappa shape index (κ3) is 2.91. The van der Waals surface area contributed by atoms with Gasteiger partial charge in [-0.3, -0.25) is 4.79 Å². The number of hydrogen-bond donors (Lipinski definition) is 1. The number of amides is 1. The van der Waals surface area contributed by atoms with Gasteiger partial charge in [-0.05, 0) is 37.0 Å². The topological polar surface area (TPSA) is 60.5 Å². The van der Waals surface area contributed by atoms with Gasteiger partial charge in [0.15, 0.2) is 16.6 Å². The molecule has 0 unspecified atom stereocenters. The normalized spacial score (nSPS) is 21.3. The molecule has 2 aromatic rings. The number of aromatic nitrogens is 1. The molecule has 6 heteroatoms. The van der Waals surface area contributed by atoms with E-state index in [1.807, 2.05) is 25.1 Å². The first-order valence-electron chi connectivity index (χ1n) is 7.76. The second kappa shape index (κ2) is 5.53. The fourth-order valence-electron chi connectivity index (χ4n) is 2.77. The average Bonchev–Trinajstić information content (AvgIpc) is 2.92. The molecule has 0 saturated heterocycles. The van der Waals surface area contributed by atoms with Gasteiger partial charge in [-0.1, -0.05) is 13.0 Å². The summed E-state index contributed by atoms with van der Waals surface area (Å²) in [6, 6.07) is 5.98. The number of nitrogens with zero attached hydrogens (tertiary/aromatic N) is 1. The molecule has 0 bridgehead atoms. The Labute approximate surface area is 138 Å². The SMILES string of the molecule is Cc1nc(NC(=O)[C@@H]2C[C@@H]2C)sc1Cc1ccc2c(c1)OCO2. The van der Waals surface area contributed by atoms with Crippen LogP contribution in [0.1, 0.15) is 29.5 Å². The van der Waals surface area contributed by atoms with Gasteiger partial charge in [0.05, 0.1) is 5.69 Å². The van der Waals surface area contributed by atoms with Crippen LogP contribution in [0.3, 0.4) is 0 Å². The molecular formula is C17H18N2O3S. The minimum atomic E-state index is 0.0980. The molecule has 1 amide bonds. The summed E-state index contributed by atoms with van der Waals surface area (Å²) in [4.78, 5) is 17.7. The number of carbonyl (C=O) groups excluding carboxylic acids is 1. The van der Waals surface area contributed by atoms with Gasteiger partial charge in [0, 0.05) is 17.2 Å². The first kappa shape index (κ1) is 14.5. The zero-order valence-electron chi connectivity index (χ0n) is 13.1. The third-order valence-electron chi connectivity index (χ3n) is 4.37. The first-order chi connectivity index (χ1) is 11.1. The lowest BCUT2D eigenvalue weighted by Crippen LogP contribution is -2.14. The predicted octanol–water partition coefficient (Wildman–Crippen LogP) is 3.37. The quantitative estimate of drug-likeness (QED) is 0.934. The maximum Gasteiger partial charge on any atom is 0.231 e. The van der Waals surface area contributed by atoms with E-state index in [0.717, 1.165) is 40.5 Å². The highest BCUT2D eigenvalue weighted by atomic mass is 32.1. The molecule has 4 rings (SSSR count). The van der Waals surface area contributed by atoms with Crippen LogP contribution in [0, 0.1) is 18.8 Å². The van der Waals surface area contributed by atoms with E-state index in [1.165, 1.54) is 0 Å². The molecular weight excluding hydrogens is 312 g/mol. The van der Waals surface area contributed by atoms with Gasteiger partial charge in [-0.25, -0.2) is 4.98 Å². The third-order valence-corrected chi connectivity index (χ3v) is 5.44. The lowest BCUT2D eigenvalue weighted by molar-refractivity contribution is -0.117. The van der Waals surface area contributed by atoms with Gasteiger partial charge in [0.2, 0.25) is 12.7 Å². The van der Waals surface area contributed by atoms with Crippen LogP contribution < -0.4 is 14.8 Å². The molecule has 5 nitrogen and oxygen atoms in total. The highest BCUT2D eigenvalue weighted by Gasteiger charge is 2.39. The molecule has 2 aliphatic rings. The zero-order valence-corrected chi connectivity index (χ0v) is 13.9. The number of ether oxygens (including phenoxy) is 2. The molecule has 2 heterocycles. The predicted molar refractivity (Wildman–Crippen MR) is 88.1 cm³/mol. The van der Waals surface area contributed by atoms with Crippen molar-refractivity contribution in [1.82, 2.24) is 4.98 Å². The van der Waals surface area contributed by atoms with Crippen molar-refractivity contribution in [3.63, 3.8) is 0 Å². The highest BCUT2D eigenvalue weighted by Crippen LogP contribution is 2.39. The Balaban J connectivity index is 1.48. The number of fused-ring (bicyclic) bond motifs is 1. The van der Waals surface area contributed by atoms with Crippen LogP contribution in [0.2, 0.25) is 0 Å². The summed E-state index contributed by atoms with van der Waals surface area (Å²) in [7, 11) is 0. The number of anilines is 1. The van der Waals surface area contributed by atoms with E-state index in [9.17, 15) is 4.79 Å². The van der Waals surface area contributed by atoms with Crippen LogP contribution in [-0.2, 0) is 11.2 Å². The molecule has 1 aliphatic carbocycles. The molecule has 1 fully saturated rings. The van der Waals surface area contributed by atoms with Crippen molar-refractivity contribution in [3.8, 4) is 11.5 Å². The molecule has 0 spiro atoms. The van der Waals surface area contributed by atoms with Crippen molar-refractivity contribution in [3.05, 3.63) is 34.3 Å². The van der Waals surface area contributed by atoms with Crippen molar-refractivity contribution in [2.24, 2.45) is 11.8 Å². The van der Waals surface area contributed by atoms with E-state index in [2.05, 4.69) is 17.2 Å². The van der Waals surface area contributed by atoms with E-state index < -0.39 is 0 Å². The Hall–Kier alpha value is -2.08. The molecule has 120 valence electrons. The molecule has 1 saturated carbocycles. The van der Waals surface area contributed by atoms with Gasteiger partial charge in [-0.2, -0.15) is 0 Å². The number of aryl methyl sites for hydroxylation is 1. The van der Waals surface area contributed by atoms with Crippen molar-refractivity contribution >= 4 is 22.4 Å². The minimum Gasteiger partial charge on any atom is -0.454 e. The Kier molecular flexibility index (Phi) is 3.49.